The Balaban J connectivity index is 1.48. The monoisotopic (exact) mass is 493 g/mol. The standard InChI is InChI=1S/C29H31N7O/c1-3-5-10-24-20-36(27-11-7-6-9-23(27)8-4-2)29(37)35(24)19-21-12-14-22(15-13-21)26-18-30-17-16-25(26)28-31-33-34-32-28/h6-7,9,11-18,20H,3-5,8,10,19H2,1-2H3,(H,31,32,33,34). The fraction of sp³-hybridized carbons (Fsp3) is 0.276. The van der Waals surface area contributed by atoms with E-state index in [-0.39, 0.29) is 5.69 Å². The molecule has 1 N–H and O–H groups in total. The molecule has 0 saturated carbocycles. The third-order valence-electron chi connectivity index (χ3n) is 6.63. The van der Waals surface area contributed by atoms with Gasteiger partial charge in [0.15, 0.2) is 0 Å². The third kappa shape index (κ3) is 5.14. The first kappa shape index (κ1) is 24.4. The molecule has 0 amide bonds. The molecule has 0 saturated heterocycles. The summed E-state index contributed by atoms with van der Waals surface area (Å²) in [6.45, 7) is 4.86. The molecule has 0 bridgehead atoms. The number of tetrazole rings is 1. The molecule has 0 radical (unpaired) electrons. The van der Waals surface area contributed by atoms with Gasteiger partial charge in [-0.15, -0.1) is 10.2 Å². The SMILES string of the molecule is CCCCc1cn(-c2ccccc2CCC)c(=O)n1Cc1ccc(-c2cnccc2-c2nn[nH]n2)cc1. The van der Waals surface area contributed by atoms with Gasteiger partial charge >= 0.3 is 5.69 Å². The van der Waals surface area contributed by atoms with Crippen LogP contribution in [0.4, 0.5) is 0 Å². The number of nitrogens with zero attached hydrogens (tertiary/aromatic N) is 6. The first-order valence-corrected chi connectivity index (χ1v) is 12.9. The van der Waals surface area contributed by atoms with Crippen molar-refractivity contribution >= 4 is 0 Å². The molecule has 0 aliphatic heterocycles. The highest BCUT2D eigenvalue weighted by molar-refractivity contribution is 5.79. The maximum absolute atomic E-state index is 13.7. The number of imidazole rings is 1. The van der Waals surface area contributed by atoms with Crippen molar-refractivity contribution in [3.8, 4) is 28.2 Å². The van der Waals surface area contributed by atoms with Gasteiger partial charge in [0.2, 0.25) is 5.82 Å². The summed E-state index contributed by atoms with van der Waals surface area (Å²) in [6, 6.07) is 18.3. The summed E-state index contributed by atoms with van der Waals surface area (Å²) in [4.78, 5) is 18.0. The number of H-pyrrole nitrogens is 1. The number of hydrogen-bond acceptors (Lipinski definition) is 5. The highest BCUT2D eigenvalue weighted by atomic mass is 16.1. The minimum absolute atomic E-state index is 0.00499. The van der Waals surface area contributed by atoms with E-state index in [0.717, 1.165) is 65.7 Å². The van der Waals surface area contributed by atoms with Crippen LogP contribution in [0.1, 0.15) is 49.9 Å². The smallest absolute Gasteiger partial charge is 0.292 e. The molecule has 8 nitrogen and oxygen atoms in total. The zero-order valence-electron chi connectivity index (χ0n) is 21.3. The molecule has 188 valence electrons. The quantitative estimate of drug-likeness (QED) is 0.288. The molecule has 3 heterocycles. The van der Waals surface area contributed by atoms with E-state index in [1.165, 1.54) is 5.56 Å². The average Bonchev–Trinajstić information content (AvgIpc) is 3.58. The van der Waals surface area contributed by atoms with Crippen LogP contribution in [0.15, 0.2) is 78.0 Å². The highest BCUT2D eigenvalue weighted by Gasteiger charge is 2.16. The van der Waals surface area contributed by atoms with E-state index in [1.54, 1.807) is 6.20 Å². The fourth-order valence-electron chi connectivity index (χ4n) is 4.72. The molecule has 3 aromatic heterocycles. The Kier molecular flexibility index (Phi) is 7.35. The van der Waals surface area contributed by atoms with E-state index in [1.807, 2.05) is 45.8 Å². The lowest BCUT2D eigenvalue weighted by atomic mass is 10.0. The molecule has 0 unspecified atom stereocenters. The van der Waals surface area contributed by atoms with Crippen molar-refractivity contribution in [3.63, 3.8) is 0 Å². The number of benzene rings is 2. The highest BCUT2D eigenvalue weighted by Crippen LogP contribution is 2.29. The first-order chi connectivity index (χ1) is 18.2. The van der Waals surface area contributed by atoms with Gasteiger partial charge in [-0.25, -0.2) is 4.79 Å². The molecular weight excluding hydrogens is 462 g/mol. The Hall–Kier alpha value is -4.33. The molecule has 0 aliphatic carbocycles. The van der Waals surface area contributed by atoms with E-state index >= 15 is 0 Å². The number of aromatic amines is 1. The van der Waals surface area contributed by atoms with Crippen LogP contribution >= 0.6 is 0 Å². The maximum Gasteiger partial charge on any atom is 0.333 e. The second-order valence-corrected chi connectivity index (χ2v) is 9.20. The third-order valence-corrected chi connectivity index (χ3v) is 6.63. The summed E-state index contributed by atoms with van der Waals surface area (Å²) in [7, 11) is 0. The van der Waals surface area contributed by atoms with Crippen molar-refractivity contribution in [1.29, 1.82) is 0 Å². The molecule has 0 aliphatic rings. The van der Waals surface area contributed by atoms with Crippen molar-refractivity contribution in [3.05, 3.63) is 100 Å². The fourth-order valence-corrected chi connectivity index (χ4v) is 4.72. The Labute approximate surface area is 216 Å². The Morgan fingerprint density at radius 3 is 2.51 bits per heavy atom. The number of hydrogen-bond donors (Lipinski definition) is 1. The number of unbranched alkanes of at least 4 members (excludes halogenated alkanes) is 1. The predicted octanol–water partition coefficient (Wildman–Crippen LogP) is 5.22. The van der Waals surface area contributed by atoms with Gasteiger partial charge in [-0.2, -0.15) is 5.21 Å². The number of aromatic nitrogens is 7. The van der Waals surface area contributed by atoms with E-state index in [0.29, 0.717) is 12.4 Å². The molecule has 0 spiro atoms. The van der Waals surface area contributed by atoms with Crippen molar-refractivity contribution in [2.24, 2.45) is 0 Å². The van der Waals surface area contributed by atoms with Crippen LogP contribution < -0.4 is 5.69 Å². The summed E-state index contributed by atoms with van der Waals surface area (Å²) in [5, 5.41) is 14.4. The lowest BCUT2D eigenvalue weighted by Crippen LogP contribution is -2.25. The van der Waals surface area contributed by atoms with Gasteiger partial charge < -0.3 is 0 Å². The largest absolute Gasteiger partial charge is 0.333 e. The number of aryl methyl sites for hydroxylation is 2. The molecule has 2 aromatic carbocycles. The lowest BCUT2D eigenvalue weighted by molar-refractivity contribution is 0.673. The van der Waals surface area contributed by atoms with Crippen molar-refractivity contribution < 1.29 is 0 Å². The zero-order chi connectivity index (χ0) is 25.6. The van der Waals surface area contributed by atoms with Gasteiger partial charge in [0, 0.05) is 35.4 Å². The Morgan fingerprint density at radius 1 is 0.919 bits per heavy atom. The summed E-state index contributed by atoms with van der Waals surface area (Å²) in [5.41, 5.74) is 7.09. The number of nitrogens with one attached hydrogen (secondary N) is 1. The van der Waals surface area contributed by atoms with Crippen LogP contribution in [0.2, 0.25) is 0 Å². The molecule has 0 fully saturated rings. The first-order valence-electron chi connectivity index (χ1n) is 12.9. The van der Waals surface area contributed by atoms with Crippen molar-refractivity contribution in [2.75, 3.05) is 0 Å². The topological polar surface area (TPSA) is 94.3 Å². The summed E-state index contributed by atoms with van der Waals surface area (Å²) in [5.74, 6) is 0.526. The van der Waals surface area contributed by atoms with Crippen LogP contribution in [0.3, 0.4) is 0 Å². The van der Waals surface area contributed by atoms with Crippen LogP contribution in [-0.2, 0) is 19.4 Å². The molecule has 5 aromatic rings. The van der Waals surface area contributed by atoms with Gasteiger partial charge in [0.05, 0.1) is 12.2 Å². The predicted molar refractivity (Wildman–Crippen MR) is 145 cm³/mol. The van der Waals surface area contributed by atoms with Crippen LogP contribution in [0, 0.1) is 0 Å². The number of para-hydroxylation sites is 1. The van der Waals surface area contributed by atoms with Crippen LogP contribution in [0.25, 0.3) is 28.2 Å². The second-order valence-electron chi connectivity index (χ2n) is 9.20. The van der Waals surface area contributed by atoms with Crippen LogP contribution in [-0.4, -0.2) is 34.7 Å². The summed E-state index contributed by atoms with van der Waals surface area (Å²) in [6.07, 6.45) is 10.5. The minimum atomic E-state index is 0.00499. The van der Waals surface area contributed by atoms with E-state index in [4.69, 9.17) is 0 Å². The molecular formula is C29H31N7O. The Bertz CT molecular complexity index is 1510. The van der Waals surface area contributed by atoms with Gasteiger partial charge in [-0.1, -0.05) is 69.2 Å². The van der Waals surface area contributed by atoms with Gasteiger partial charge in [0.1, 0.15) is 0 Å². The van der Waals surface area contributed by atoms with Gasteiger partial charge in [-0.05, 0) is 53.3 Å². The summed E-state index contributed by atoms with van der Waals surface area (Å²) >= 11 is 0. The maximum atomic E-state index is 13.7. The molecule has 5 rings (SSSR count). The lowest BCUT2D eigenvalue weighted by Gasteiger charge is -2.10. The average molecular weight is 494 g/mol. The van der Waals surface area contributed by atoms with E-state index < -0.39 is 0 Å². The van der Waals surface area contributed by atoms with E-state index in [2.05, 4.69) is 69.8 Å². The van der Waals surface area contributed by atoms with Gasteiger partial charge in [0.25, 0.3) is 0 Å². The molecule has 37 heavy (non-hydrogen) atoms. The normalized spacial score (nSPS) is 11.2. The van der Waals surface area contributed by atoms with Crippen LogP contribution in [0.5, 0.6) is 0 Å². The zero-order valence-corrected chi connectivity index (χ0v) is 21.3. The minimum Gasteiger partial charge on any atom is -0.292 e. The number of rotatable bonds is 10. The Morgan fingerprint density at radius 2 is 1.76 bits per heavy atom. The number of pyridine rings is 1. The van der Waals surface area contributed by atoms with Gasteiger partial charge in [-0.3, -0.25) is 14.1 Å². The summed E-state index contributed by atoms with van der Waals surface area (Å²) < 4.78 is 3.75. The van der Waals surface area contributed by atoms with Crippen molar-refractivity contribution in [2.45, 2.75) is 52.5 Å². The van der Waals surface area contributed by atoms with E-state index in [9.17, 15) is 4.79 Å². The molecule has 0 atom stereocenters. The van der Waals surface area contributed by atoms with Crippen molar-refractivity contribution in [1.82, 2.24) is 34.7 Å². The second kappa shape index (κ2) is 11.2. The molecule has 8 heteroatoms.